The molecule has 1 fully saturated rings. The Morgan fingerprint density at radius 3 is 2.44 bits per heavy atom. The largest absolute Gasteiger partial charge is 0.355 e. The molecule has 1 amide bonds. The van der Waals surface area contributed by atoms with Crippen LogP contribution in [-0.2, 0) is 4.79 Å². The average molecular weight is 278 g/mol. The van der Waals surface area contributed by atoms with Crippen molar-refractivity contribution in [1.29, 1.82) is 0 Å². The fraction of sp³-hybridized carbons (Fsp3) is 0.923. The number of carbonyl (C=O) groups is 1. The lowest BCUT2D eigenvalue weighted by Gasteiger charge is -2.26. The lowest BCUT2D eigenvalue weighted by Crippen LogP contribution is -2.44. The summed E-state index contributed by atoms with van der Waals surface area (Å²) in [6.45, 7) is 8.22. The molecule has 0 spiro atoms. The summed E-state index contributed by atoms with van der Waals surface area (Å²) >= 11 is 0. The predicted octanol–water partition coefficient (Wildman–Crippen LogP) is 1.38. The molecule has 1 rings (SSSR count). The van der Waals surface area contributed by atoms with E-state index in [1.165, 1.54) is 32.4 Å². The van der Waals surface area contributed by atoms with Crippen molar-refractivity contribution in [3.63, 3.8) is 0 Å². The first-order chi connectivity index (χ1) is 8.11. The molecule has 1 aliphatic heterocycles. The Kier molecular flexibility index (Phi) is 9.42. The number of nitrogens with one attached hydrogen (secondary N) is 1. The second-order valence-corrected chi connectivity index (χ2v) is 5.32. The Balaban J connectivity index is 0.00000289. The Hall–Kier alpha value is -0.320. The zero-order valence-electron chi connectivity index (χ0n) is 11.7. The highest BCUT2D eigenvalue weighted by molar-refractivity contribution is 5.85. The van der Waals surface area contributed by atoms with Crippen LogP contribution >= 0.6 is 12.4 Å². The van der Waals surface area contributed by atoms with Crippen LogP contribution in [0.3, 0.4) is 0 Å². The molecule has 1 aliphatic rings. The summed E-state index contributed by atoms with van der Waals surface area (Å²) in [5, 5.41) is 2.91. The van der Waals surface area contributed by atoms with Crippen molar-refractivity contribution in [1.82, 2.24) is 10.2 Å². The van der Waals surface area contributed by atoms with Crippen LogP contribution in [0.15, 0.2) is 0 Å². The van der Waals surface area contributed by atoms with Crippen LogP contribution in [-0.4, -0.2) is 43.0 Å². The molecule has 18 heavy (non-hydrogen) atoms. The molecule has 0 aromatic heterocycles. The van der Waals surface area contributed by atoms with Crippen LogP contribution in [0.2, 0.25) is 0 Å². The van der Waals surface area contributed by atoms with E-state index in [0.717, 1.165) is 19.5 Å². The van der Waals surface area contributed by atoms with Gasteiger partial charge in [0.1, 0.15) is 0 Å². The van der Waals surface area contributed by atoms with Crippen LogP contribution in [0.4, 0.5) is 0 Å². The van der Waals surface area contributed by atoms with Crippen molar-refractivity contribution in [2.75, 3.05) is 26.2 Å². The SMILES string of the molecule is CC(C)[C@H](N)C(=O)NCCCN1CCCCC1.Cl. The molecule has 108 valence electrons. The quantitative estimate of drug-likeness (QED) is 0.722. The Morgan fingerprint density at radius 2 is 1.89 bits per heavy atom. The van der Waals surface area contributed by atoms with Crippen molar-refractivity contribution in [3.8, 4) is 0 Å². The molecule has 5 heteroatoms. The van der Waals surface area contributed by atoms with E-state index in [9.17, 15) is 4.79 Å². The number of hydrogen-bond acceptors (Lipinski definition) is 3. The van der Waals surface area contributed by atoms with Gasteiger partial charge in [-0.25, -0.2) is 0 Å². The molecular formula is C13H28ClN3O. The first-order valence-corrected chi connectivity index (χ1v) is 6.87. The summed E-state index contributed by atoms with van der Waals surface area (Å²) in [5.74, 6) is 0.190. The van der Waals surface area contributed by atoms with Crippen molar-refractivity contribution in [2.45, 2.75) is 45.6 Å². The molecule has 4 nitrogen and oxygen atoms in total. The van der Waals surface area contributed by atoms with Crippen molar-refractivity contribution >= 4 is 18.3 Å². The van der Waals surface area contributed by atoms with E-state index in [1.807, 2.05) is 13.8 Å². The van der Waals surface area contributed by atoms with Crippen LogP contribution in [0.1, 0.15) is 39.5 Å². The van der Waals surface area contributed by atoms with Crippen LogP contribution in [0.25, 0.3) is 0 Å². The third-order valence-corrected chi connectivity index (χ3v) is 3.42. The molecule has 0 radical (unpaired) electrons. The molecular weight excluding hydrogens is 250 g/mol. The zero-order valence-corrected chi connectivity index (χ0v) is 12.5. The highest BCUT2D eigenvalue weighted by Gasteiger charge is 2.16. The van der Waals surface area contributed by atoms with E-state index < -0.39 is 0 Å². The fourth-order valence-electron chi connectivity index (χ4n) is 2.12. The van der Waals surface area contributed by atoms with E-state index in [1.54, 1.807) is 0 Å². The number of likely N-dealkylation sites (tertiary alicyclic amines) is 1. The smallest absolute Gasteiger partial charge is 0.237 e. The monoisotopic (exact) mass is 277 g/mol. The minimum Gasteiger partial charge on any atom is -0.355 e. The summed E-state index contributed by atoms with van der Waals surface area (Å²) < 4.78 is 0. The fourth-order valence-corrected chi connectivity index (χ4v) is 2.12. The van der Waals surface area contributed by atoms with Gasteiger partial charge < -0.3 is 16.0 Å². The summed E-state index contributed by atoms with van der Waals surface area (Å²) in [6.07, 6.45) is 5.04. The van der Waals surface area contributed by atoms with E-state index in [4.69, 9.17) is 5.73 Å². The molecule has 1 atom stereocenters. The molecule has 1 heterocycles. The highest BCUT2D eigenvalue weighted by atomic mass is 35.5. The van der Waals surface area contributed by atoms with Gasteiger partial charge in [0.2, 0.25) is 5.91 Å². The van der Waals surface area contributed by atoms with E-state index >= 15 is 0 Å². The summed E-state index contributed by atoms with van der Waals surface area (Å²) in [4.78, 5) is 14.1. The number of hydrogen-bond donors (Lipinski definition) is 2. The predicted molar refractivity (Wildman–Crippen MR) is 78.0 cm³/mol. The Labute approximate surface area is 117 Å². The van der Waals surface area contributed by atoms with Gasteiger partial charge >= 0.3 is 0 Å². The van der Waals surface area contributed by atoms with E-state index in [-0.39, 0.29) is 30.3 Å². The van der Waals surface area contributed by atoms with Crippen molar-refractivity contribution < 1.29 is 4.79 Å². The standard InChI is InChI=1S/C13H27N3O.ClH/c1-11(2)12(14)13(17)15-7-6-10-16-8-4-3-5-9-16;/h11-12H,3-10,14H2,1-2H3,(H,15,17);1H/t12-;/m0./s1. The molecule has 0 bridgehead atoms. The van der Waals surface area contributed by atoms with Crippen molar-refractivity contribution in [2.24, 2.45) is 11.7 Å². The third-order valence-electron chi connectivity index (χ3n) is 3.42. The second-order valence-electron chi connectivity index (χ2n) is 5.32. The number of amides is 1. The summed E-state index contributed by atoms with van der Waals surface area (Å²) in [6, 6.07) is -0.370. The molecule has 3 N–H and O–H groups in total. The Morgan fingerprint density at radius 1 is 1.28 bits per heavy atom. The van der Waals surface area contributed by atoms with Crippen LogP contribution < -0.4 is 11.1 Å². The molecule has 0 saturated carbocycles. The first kappa shape index (κ1) is 17.7. The second kappa shape index (κ2) is 9.59. The van der Waals surface area contributed by atoms with Crippen LogP contribution in [0, 0.1) is 5.92 Å². The average Bonchev–Trinajstić information content (AvgIpc) is 2.34. The van der Waals surface area contributed by atoms with Gasteiger partial charge in [0.15, 0.2) is 0 Å². The number of piperidine rings is 1. The van der Waals surface area contributed by atoms with Gasteiger partial charge in [0, 0.05) is 6.54 Å². The molecule has 1 saturated heterocycles. The van der Waals surface area contributed by atoms with Crippen molar-refractivity contribution in [3.05, 3.63) is 0 Å². The van der Waals surface area contributed by atoms with Gasteiger partial charge in [0.05, 0.1) is 6.04 Å². The molecule has 0 aromatic rings. The minimum absolute atomic E-state index is 0. The maximum absolute atomic E-state index is 11.6. The maximum atomic E-state index is 11.6. The van der Waals surface area contributed by atoms with Gasteiger partial charge in [-0.1, -0.05) is 20.3 Å². The number of carbonyl (C=O) groups excluding carboxylic acids is 1. The van der Waals surface area contributed by atoms with Gasteiger partial charge in [0.25, 0.3) is 0 Å². The first-order valence-electron chi connectivity index (χ1n) is 6.87. The maximum Gasteiger partial charge on any atom is 0.237 e. The number of nitrogens with zero attached hydrogens (tertiary/aromatic N) is 1. The number of rotatable bonds is 6. The topological polar surface area (TPSA) is 58.4 Å². The lowest BCUT2D eigenvalue weighted by atomic mass is 10.1. The highest BCUT2D eigenvalue weighted by Crippen LogP contribution is 2.08. The molecule has 0 unspecified atom stereocenters. The Bertz CT molecular complexity index is 230. The van der Waals surface area contributed by atoms with Gasteiger partial charge in [-0.2, -0.15) is 0 Å². The molecule has 0 aliphatic carbocycles. The zero-order chi connectivity index (χ0) is 12.7. The minimum atomic E-state index is -0.370. The van der Waals surface area contributed by atoms with Gasteiger partial charge in [-0.05, 0) is 44.8 Å². The van der Waals surface area contributed by atoms with E-state index in [2.05, 4.69) is 10.2 Å². The summed E-state index contributed by atoms with van der Waals surface area (Å²) in [5.41, 5.74) is 5.76. The van der Waals surface area contributed by atoms with E-state index in [0.29, 0.717) is 0 Å². The van der Waals surface area contributed by atoms with Gasteiger partial charge in [-0.15, -0.1) is 12.4 Å². The number of halogens is 1. The summed E-state index contributed by atoms with van der Waals surface area (Å²) in [7, 11) is 0. The lowest BCUT2D eigenvalue weighted by molar-refractivity contribution is -0.123. The third kappa shape index (κ3) is 6.57. The van der Waals surface area contributed by atoms with Gasteiger partial charge in [-0.3, -0.25) is 4.79 Å². The normalized spacial score (nSPS) is 18.2. The number of nitrogens with two attached hydrogens (primary N) is 1. The van der Waals surface area contributed by atoms with Crippen LogP contribution in [0.5, 0.6) is 0 Å². The molecule has 0 aromatic carbocycles.